The standard InChI is InChI=1S/C11H9BrN4O2/c12-10-9(6-14-16-11(10)18)15-13-5-7-1-3-8(17)4-2-7/h1-6,17H,(H2,15,16,18)/b13-5+. The first-order valence-corrected chi connectivity index (χ1v) is 5.77. The van der Waals surface area contributed by atoms with Gasteiger partial charge in [0.2, 0.25) is 0 Å². The summed E-state index contributed by atoms with van der Waals surface area (Å²) >= 11 is 3.12. The van der Waals surface area contributed by atoms with Crippen molar-refractivity contribution in [2.45, 2.75) is 0 Å². The van der Waals surface area contributed by atoms with Crippen molar-refractivity contribution in [1.29, 1.82) is 0 Å². The molecule has 0 spiro atoms. The van der Waals surface area contributed by atoms with Crippen molar-refractivity contribution >= 4 is 27.8 Å². The molecule has 7 heteroatoms. The third-order valence-electron chi connectivity index (χ3n) is 2.09. The van der Waals surface area contributed by atoms with Gasteiger partial charge >= 0.3 is 0 Å². The molecule has 0 bridgehead atoms. The van der Waals surface area contributed by atoms with Crippen LogP contribution in [0, 0.1) is 0 Å². The molecule has 0 atom stereocenters. The van der Waals surface area contributed by atoms with E-state index in [1.165, 1.54) is 6.20 Å². The fourth-order valence-electron chi connectivity index (χ4n) is 1.20. The molecule has 3 N–H and O–H groups in total. The molecular weight excluding hydrogens is 300 g/mol. The lowest BCUT2D eigenvalue weighted by atomic mass is 10.2. The van der Waals surface area contributed by atoms with Crippen LogP contribution in [0.4, 0.5) is 5.69 Å². The molecule has 0 amide bonds. The summed E-state index contributed by atoms with van der Waals surface area (Å²) in [5.74, 6) is 0.196. The van der Waals surface area contributed by atoms with Gasteiger partial charge in [-0.15, -0.1) is 0 Å². The molecule has 0 aliphatic carbocycles. The van der Waals surface area contributed by atoms with Gasteiger partial charge in [0.25, 0.3) is 5.56 Å². The molecule has 1 heterocycles. The fraction of sp³-hybridized carbons (Fsp3) is 0. The monoisotopic (exact) mass is 308 g/mol. The van der Waals surface area contributed by atoms with Crippen LogP contribution < -0.4 is 11.0 Å². The number of hydrogen-bond donors (Lipinski definition) is 3. The van der Waals surface area contributed by atoms with E-state index in [4.69, 9.17) is 5.11 Å². The summed E-state index contributed by atoms with van der Waals surface area (Å²) in [5.41, 5.74) is 3.64. The Bertz CT molecular complexity index is 622. The summed E-state index contributed by atoms with van der Waals surface area (Å²) < 4.78 is 0.334. The maximum Gasteiger partial charge on any atom is 0.280 e. The van der Waals surface area contributed by atoms with Crippen LogP contribution >= 0.6 is 15.9 Å². The number of aromatic amines is 1. The number of hydrazone groups is 1. The van der Waals surface area contributed by atoms with E-state index in [1.807, 2.05) is 0 Å². The highest BCUT2D eigenvalue weighted by atomic mass is 79.9. The van der Waals surface area contributed by atoms with E-state index in [0.717, 1.165) is 5.56 Å². The third kappa shape index (κ3) is 2.95. The van der Waals surface area contributed by atoms with Crippen molar-refractivity contribution in [3.63, 3.8) is 0 Å². The zero-order valence-corrected chi connectivity index (χ0v) is 10.7. The minimum atomic E-state index is -0.333. The largest absolute Gasteiger partial charge is 0.508 e. The van der Waals surface area contributed by atoms with E-state index >= 15 is 0 Å². The van der Waals surface area contributed by atoms with Gasteiger partial charge in [0, 0.05) is 0 Å². The smallest absolute Gasteiger partial charge is 0.280 e. The molecule has 0 saturated carbocycles. The summed E-state index contributed by atoms with van der Waals surface area (Å²) in [6, 6.07) is 6.55. The number of aromatic hydroxyl groups is 1. The van der Waals surface area contributed by atoms with Crippen LogP contribution in [0.5, 0.6) is 5.75 Å². The maximum atomic E-state index is 11.2. The van der Waals surface area contributed by atoms with Crippen molar-refractivity contribution < 1.29 is 5.11 Å². The predicted molar refractivity (Wildman–Crippen MR) is 71.9 cm³/mol. The van der Waals surface area contributed by atoms with E-state index in [2.05, 4.69) is 36.7 Å². The van der Waals surface area contributed by atoms with Gasteiger partial charge < -0.3 is 5.11 Å². The average Bonchev–Trinajstić information content (AvgIpc) is 2.37. The summed E-state index contributed by atoms with van der Waals surface area (Å²) in [4.78, 5) is 11.2. The topological polar surface area (TPSA) is 90.4 Å². The number of nitrogens with zero attached hydrogens (tertiary/aromatic N) is 2. The Kier molecular flexibility index (Phi) is 3.73. The number of benzene rings is 1. The lowest BCUT2D eigenvalue weighted by Gasteiger charge is -2.00. The number of rotatable bonds is 3. The molecule has 6 nitrogen and oxygen atoms in total. The molecule has 2 rings (SSSR count). The number of phenols is 1. The third-order valence-corrected chi connectivity index (χ3v) is 2.87. The molecular formula is C11H9BrN4O2. The average molecular weight is 309 g/mol. The Hall–Kier alpha value is -2.15. The molecule has 0 aliphatic heterocycles. The fourth-order valence-corrected chi connectivity index (χ4v) is 1.48. The van der Waals surface area contributed by atoms with Gasteiger partial charge in [0.15, 0.2) is 0 Å². The van der Waals surface area contributed by atoms with E-state index in [9.17, 15) is 4.79 Å². The van der Waals surface area contributed by atoms with Crippen molar-refractivity contribution in [1.82, 2.24) is 10.2 Å². The maximum absolute atomic E-state index is 11.2. The Morgan fingerprint density at radius 1 is 1.39 bits per heavy atom. The molecule has 0 fully saturated rings. The van der Waals surface area contributed by atoms with Crippen LogP contribution in [0.1, 0.15) is 5.56 Å². The first kappa shape index (κ1) is 12.3. The minimum absolute atomic E-state index is 0.196. The molecule has 0 aliphatic rings. The number of H-pyrrole nitrogens is 1. The van der Waals surface area contributed by atoms with Gasteiger partial charge in [0.1, 0.15) is 10.2 Å². The van der Waals surface area contributed by atoms with Gasteiger partial charge in [0.05, 0.1) is 18.1 Å². The Labute approximate surface area is 110 Å². The SMILES string of the molecule is O=c1[nH]ncc(N/N=C/c2ccc(O)cc2)c1Br. The number of nitrogens with one attached hydrogen (secondary N) is 2. The van der Waals surface area contributed by atoms with E-state index in [0.29, 0.717) is 10.2 Å². The van der Waals surface area contributed by atoms with Crippen LogP contribution in [0.3, 0.4) is 0 Å². The number of hydrogen-bond acceptors (Lipinski definition) is 5. The lowest BCUT2D eigenvalue weighted by Crippen LogP contribution is -2.10. The van der Waals surface area contributed by atoms with E-state index in [-0.39, 0.29) is 11.3 Å². The number of phenolic OH excluding ortho intramolecular Hbond substituents is 1. The zero-order chi connectivity index (χ0) is 13.0. The van der Waals surface area contributed by atoms with E-state index in [1.54, 1.807) is 30.5 Å². The van der Waals surface area contributed by atoms with Crippen LogP contribution in [0.15, 0.2) is 44.8 Å². The van der Waals surface area contributed by atoms with Crippen LogP contribution in [0.2, 0.25) is 0 Å². The van der Waals surface area contributed by atoms with Gasteiger partial charge in [-0.3, -0.25) is 10.2 Å². The molecule has 0 saturated heterocycles. The predicted octanol–water partition coefficient (Wildman–Crippen LogP) is 1.68. The molecule has 1 aromatic heterocycles. The number of halogens is 1. The molecule has 1 aromatic carbocycles. The normalized spacial score (nSPS) is 10.7. The Morgan fingerprint density at radius 3 is 2.83 bits per heavy atom. The van der Waals surface area contributed by atoms with Crippen LogP contribution in [0.25, 0.3) is 0 Å². The minimum Gasteiger partial charge on any atom is -0.508 e. The van der Waals surface area contributed by atoms with Crippen LogP contribution in [-0.4, -0.2) is 21.5 Å². The summed E-state index contributed by atoms with van der Waals surface area (Å²) in [5, 5.41) is 19.0. The quantitative estimate of drug-likeness (QED) is 0.594. The second-order valence-corrected chi connectivity index (χ2v) is 4.18. The highest BCUT2D eigenvalue weighted by Gasteiger charge is 2.02. The summed E-state index contributed by atoms with van der Waals surface area (Å²) in [7, 11) is 0. The van der Waals surface area contributed by atoms with Crippen molar-refractivity contribution in [2.24, 2.45) is 5.10 Å². The first-order chi connectivity index (χ1) is 8.66. The van der Waals surface area contributed by atoms with Crippen molar-refractivity contribution in [2.75, 3.05) is 5.43 Å². The second-order valence-electron chi connectivity index (χ2n) is 3.39. The second kappa shape index (κ2) is 5.46. The molecule has 92 valence electrons. The number of anilines is 1. The highest BCUT2D eigenvalue weighted by molar-refractivity contribution is 9.10. The summed E-state index contributed by atoms with van der Waals surface area (Å²) in [6.45, 7) is 0. The first-order valence-electron chi connectivity index (χ1n) is 4.98. The van der Waals surface area contributed by atoms with Gasteiger partial charge in [-0.2, -0.15) is 10.2 Å². The van der Waals surface area contributed by atoms with Crippen molar-refractivity contribution in [3.8, 4) is 5.75 Å². The molecule has 0 unspecified atom stereocenters. The molecule has 0 radical (unpaired) electrons. The van der Waals surface area contributed by atoms with Gasteiger partial charge in [-0.25, -0.2) is 5.10 Å². The van der Waals surface area contributed by atoms with Crippen molar-refractivity contribution in [3.05, 3.63) is 50.9 Å². The van der Waals surface area contributed by atoms with Gasteiger partial charge in [-0.1, -0.05) is 0 Å². The molecule has 2 aromatic rings. The summed E-state index contributed by atoms with van der Waals surface area (Å²) in [6.07, 6.45) is 3.01. The number of aromatic nitrogens is 2. The molecule has 18 heavy (non-hydrogen) atoms. The van der Waals surface area contributed by atoms with Gasteiger partial charge in [-0.05, 0) is 45.8 Å². The zero-order valence-electron chi connectivity index (χ0n) is 9.09. The lowest BCUT2D eigenvalue weighted by molar-refractivity contribution is 0.475. The van der Waals surface area contributed by atoms with E-state index < -0.39 is 0 Å². The Balaban J connectivity index is 2.09. The Morgan fingerprint density at radius 2 is 2.11 bits per heavy atom. The van der Waals surface area contributed by atoms with Crippen LogP contribution in [-0.2, 0) is 0 Å². The highest BCUT2D eigenvalue weighted by Crippen LogP contribution is 2.15.